The van der Waals surface area contributed by atoms with Gasteiger partial charge in [0.1, 0.15) is 4.32 Å². The fraction of sp³-hybridized carbons (Fsp3) is 0.333. The predicted molar refractivity (Wildman–Crippen MR) is 175 cm³/mol. The monoisotopic (exact) mass is 661 g/mol. The molecule has 0 unspecified atom stereocenters. The Morgan fingerprint density at radius 3 is 2.64 bits per heavy atom. The van der Waals surface area contributed by atoms with E-state index in [1.54, 1.807) is 25.4 Å². The third-order valence-electron chi connectivity index (χ3n) is 6.87. The van der Waals surface area contributed by atoms with E-state index in [1.165, 1.54) is 47.3 Å². The van der Waals surface area contributed by atoms with Crippen LogP contribution in [0.25, 0.3) is 6.08 Å². The van der Waals surface area contributed by atoms with Gasteiger partial charge < -0.3 is 14.8 Å². The lowest BCUT2D eigenvalue weighted by Gasteiger charge is -2.24. The van der Waals surface area contributed by atoms with Crippen molar-refractivity contribution in [2.45, 2.75) is 51.0 Å². The lowest BCUT2D eigenvalue weighted by molar-refractivity contribution is -0.122. The number of nitrogens with zero attached hydrogens (tertiary/aromatic N) is 2. The number of aromatic nitrogens is 1. The molecular weight excluding hydrogens is 633 g/mol. The highest BCUT2D eigenvalue weighted by Gasteiger charge is 2.32. The van der Waals surface area contributed by atoms with Crippen molar-refractivity contribution >= 4 is 85.9 Å². The van der Waals surface area contributed by atoms with Gasteiger partial charge in [0.05, 0.1) is 18.1 Å². The molecule has 1 aromatic heterocycles. The zero-order chi connectivity index (χ0) is 29.6. The van der Waals surface area contributed by atoms with Crippen LogP contribution in [0.2, 0.25) is 10.0 Å². The number of carbonyl (C=O) groups excluding carboxylic acids is 2. The van der Waals surface area contributed by atoms with E-state index in [9.17, 15) is 9.59 Å². The highest BCUT2D eigenvalue weighted by Crippen LogP contribution is 2.36. The Balaban J connectivity index is 1.15. The second kappa shape index (κ2) is 14.2. The third kappa shape index (κ3) is 8.05. The van der Waals surface area contributed by atoms with Crippen LogP contribution in [0.4, 0.5) is 5.13 Å². The van der Waals surface area contributed by atoms with Crippen molar-refractivity contribution in [3.05, 3.63) is 73.5 Å². The molecule has 1 saturated carbocycles. The van der Waals surface area contributed by atoms with Gasteiger partial charge in [-0.05, 0) is 73.2 Å². The first-order chi connectivity index (χ1) is 20.3. The average Bonchev–Trinajstić information content (AvgIpc) is 3.50. The summed E-state index contributed by atoms with van der Waals surface area (Å²) in [6, 6.07) is 11.0. The number of carbonyl (C=O) groups is 2. The Morgan fingerprint density at radius 2 is 1.90 bits per heavy atom. The van der Waals surface area contributed by atoms with Gasteiger partial charge in [0.15, 0.2) is 16.6 Å². The summed E-state index contributed by atoms with van der Waals surface area (Å²) in [6.07, 6.45) is 10.1. The molecule has 2 fully saturated rings. The summed E-state index contributed by atoms with van der Waals surface area (Å²) in [7, 11) is 1.61. The maximum absolute atomic E-state index is 13.1. The summed E-state index contributed by atoms with van der Waals surface area (Å²) in [4.78, 5) is 33.0. The lowest BCUT2D eigenvalue weighted by Crippen LogP contribution is -2.31. The first-order valence-electron chi connectivity index (χ1n) is 13.6. The normalized spacial score (nSPS) is 16.7. The van der Waals surface area contributed by atoms with Crippen molar-refractivity contribution in [2.24, 2.45) is 0 Å². The van der Waals surface area contributed by atoms with Crippen LogP contribution in [-0.2, 0) is 16.0 Å². The zero-order valence-corrected chi connectivity index (χ0v) is 26.8. The number of ether oxygens (including phenoxy) is 2. The molecule has 12 heteroatoms. The van der Waals surface area contributed by atoms with E-state index in [0.717, 1.165) is 28.8 Å². The van der Waals surface area contributed by atoms with Gasteiger partial charge in [-0.3, -0.25) is 14.5 Å². The number of amides is 2. The largest absolute Gasteiger partial charge is 0.493 e. The zero-order valence-electron chi connectivity index (χ0n) is 22.9. The summed E-state index contributed by atoms with van der Waals surface area (Å²) < 4.78 is 12.2. The minimum atomic E-state index is -0.252. The molecule has 7 nitrogen and oxygen atoms in total. The van der Waals surface area contributed by atoms with Crippen LogP contribution in [-0.4, -0.2) is 45.8 Å². The molecule has 5 rings (SSSR count). The van der Waals surface area contributed by atoms with Gasteiger partial charge in [-0.15, -0.1) is 11.3 Å². The van der Waals surface area contributed by atoms with E-state index in [1.807, 2.05) is 30.3 Å². The van der Waals surface area contributed by atoms with Crippen molar-refractivity contribution < 1.29 is 19.1 Å². The summed E-state index contributed by atoms with van der Waals surface area (Å²) in [5.41, 5.74) is 1.76. The second-order valence-corrected chi connectivity index (χ2v) is 13.7. The van der Waals surface area contributed by atoms with Crippen LogP contribution in [0, 0.1) is 0 Å². The van der Waals surface area contributed by atoms with Gasteiger partial charge in [0, 0.05) is 40.5 Å². The smallest absolute Gasteiger partial charge is 0.266 e. The number of hydrogen-bond donors (Lipinski definition) is 1. The maximum atomic E-state index is 13.1. The second-order valence-electron chi connectivity index (χ2n) is 10.0. The standard InChI is InChI=1S/C30H29Cl2N3O4S3/c1-38-25-14-18(7-8-24(25)39-22-5-3-2-4-6-22)15-26-28(37)35(30(40)42-26)10-9-27(36)34-29-33-17-23(41-29)13-19-11-20(31)16-21(32)12-19/h7-8,11-12,14-17,22H,2-6,9-10,13H2,1H3,(H,33,34,36)/b26-15-. The quantitative estimate of drug-likeness (QED) is 0.174. The molecule has 2 amide bonds. The molecule has 1 aliphatic carbocycles. The van der Waals surface area contributed by atoms with Gasteiger partial charge in [-0.25, -0.2) is 4.98 Å². The van der Waals surface area contributed by atoms with Crippen LogP contribution in [0.3, 0.4) is 0 Å². The van der Waals surface area contributed by atoms with Gasteiger partial charge in [0.25, 0.3) is 5.91 Å². The SMILES string of the molecule is COc1cc(/C=C2\SC(=S)N(CCC(=O)Nc3ncc(Cc4cc(Cl)cc(Cl)c4)s3)C2=O)ccc1OC1CCCCC1. The molecule has 1 saturated heterocycles. The maximum Gasteiger partial charge on any atom is 0.266 e. The number of benzene rings is 2. The molecule has 0 atom stereocenters. The Labute approximate surface area is 268 Å². The molecule has 42 heavy (non-hydrogen) atoms. The first kappa shape index (κ1) is 30.8. The number of thioether (sulfide) groups is 1. The number of halogens is 2. The van der Waals surface area contributed by atoms with Crippen LogP contribution in [0.1, 0.15) is 54.5 Å². The molecule has 2 aliphatic rings. The molecule has 220 valence electrons. The van der Waals surface area contributed by atoms with E-state index < -0.39 is 0 Å². The van der Waals surface area contributed by atoms with Crippen LogP contribution in [0.15, 0.2) is 47.5 Å². The molecule has 1 N–H and O–H groups in total. The Bertz CT molecular complexity index is 1500. The number of anilines is 1. The van der Waals surface area contributed by atoms with Crippen molar-refractivity contribution in [1.29, 1.82) is 0 Å². The summed E-state index contributed by atoms with van der Waals surface area (Å²) in [5.74, 6) is 0.860. The van der Waals surface area contributed by atoms with Gasteiger partial charge in [-0.2, -0.15) is 0 Å². The fourth-order valence-electron chi connectivity index (χ4n) is 4.83. The van der Waals surface area contributed by atoms with E-state index in [0.29, 0.717) is 42.3 Å². The minimum Gasteiger partial charge on any atom is -0.493 e. The summed E-state index contributed by atoms with van der Waals surface area (Å²) in [6.45, 7) is 0.171. The molecule has 0 spiro atoms. The van der Waals surface area contributed by atoms with Crippen LogP contribution >= 0.6 is 58.5 Å². The molecule has 2 heterocycles. The highest BCUT2D eigenvalue weighted by molar-refractivity contribution is 8.26. The van der Waals surface area contributed by atoms with Crippen molar-refractivity contribution in [3.63, 3.8) is 0 Å². The molecule has 2 aromatic carbocycles. The minimum absolute atomic E-state index is 0.0829. The lowest BCUT2D eigenvalue weighted by atomic mass is 9.98. The number of hydrogen-bond acceptors (Lipinski definition) is 8. The third-order valence-corrected chi connectivity index (χ3v) is 9.59. The summed E-state index contributed by atoms with van der Waals surface area (Å²) >= 11 is 20.2. The van der Waals surface area contributed by atoms with E-state index >= 15 is 0 Å². The van der Waals surface area contributed by atoms with Crippen molar-refractivity contribution in [1.82, 2.24) is 9.88 Å². The van der Waals surface area contributed by atoms with Crippen LogP contribution < -0.4 is 14.8 Å². The predicted octanol–water partition coefficient (Wildman–Crippen LogP) is 7.99. The number of thiazole rings is 1. The molecule has 3 aromatic rings. The van der Waals surface area contributed by atoms with Gasteiger partial charge in [-0.1, -0.05) is 59.7 Å². The fourth-order valence-corrected chi connectivity index (χ4v) is 7.58. The molecule has 1 aliphatic heterocycles. The number of nitrogens with one attached hydrogen (secondary N) is 1. The van der Waals surface area contributed by atoms with Gasteiger partial charge >= 0.3 is 0 Å². The first-order valence-corrected chi connectivity index (χ1v) is 16.4. The Kier molecular flexibility index (Phi) is 10.4. The Hall–Kier alpha value is -2.63. The molecular formula is C30H29Cl2N3O4S3. The number of rotatable bonds is 10. The van der Waals surface area contributed by atoms with Crippen LogP contribution in [0.5, 0.6) is 11.5 Å². The van der Waals surface area contributed by atoms with Crippen molar-refractivity contribution in [2.75, 3.05) is 19.0 Å². The van der Waals surface area contributed by atoms with E-state index in [-0.39, 0.29) is 30.9 Å². The number of methoxy groups -OCH3 is 1. The van der Waals surface area contributed by atoms with E-state index in [2.05, 4.69) is 10.3 Å². The molecule has 0 radical (unpaired) electrons. The van der Waals surface area contributed by atoms with E-state index in [4.69, 9.17) is 44.9 Å². The van der Waals surface area contributed by atoms with Gasteiger partial charge in [0.2, 0.25) is 5.91 Å². The Morgan fingerprint density at radius 1 is 1.14 bits per heavy atom. The molecule has 0 bridgehead atoms. The number of thiocarbonyl (C=S) groups is 1. The topological polar surface area (TPSA) is 80.8 Å². The average molecular weight is 663 g/mol. The summed E-state index contributed by atoms with van der Waals surface area (Å²) in [5, 5.41) is 4.43. The van der Waals surface area contributed by atoms with Crippen molar-refractivity contribution in [3.8, 4) is 11.5 Å². The highest BCUT2D eigenvalue weighted by atomic mass is 35.5.